The SMILES string of the molecule is O=S([O-])c1ccc2ccccn12. The standard InChI is InChI=1S/C8H7NO2S/c10-12(11)8-5-4-7-3-1-2-6-9(7)8/h1-6H,(H,10,11)/p-1. The van der Waals surface area contributed by atoms with Crippen molar-refractivity contribution in [1.29, 1.82) is 0 Å². The Morgan fingerprint density at radius 1 is 1.25 bits per heavy atom. The van der Waals surface area contributed by atoms with Gasteiger partial charge in [0.05, 0.1) is 5.03 Å². The number of hydrogen-bond donors (Lipinski definition) is 0. The molecule has 0 saturated heterocycles. The molecule has 0 aromatic carbocycles. The molecular formula is C8H6NO2S-. The molecule has 0 N–H and O–H groups in total. The lowest BCUT2D eigenvalue weighted by atomic mass is 10.4. The lowest BCUT2D eigenvalue weighted by Crippen LogP contribution is -1.94. The second-order valence-corrected chi connectivity index (χ2v) is 3.29. The van der Waals surface area contributed by atoms with Crippen LogP contribution in [-0.2, 0) is 11.1 Å². The minimum absolute atomic E-state index is 0.297. The summed E-state index contributed by atoms with van der Waals surface area (Å²) in [6.45, 7) is 0. The highest BCUT2D eigenvalue weighted by Gasteiger charge is 1.98. The molecule has 0 amide bonds. The third-order valence-electron chi connectivity index (χ3n) is 1.70. The summed E-state index contributed by atoms with van der Waals surface area (Å²) in [7, 11) is 0. The maximum absolute atomic E-state index is 10.7. The van der Waals surface area contributed by atoms with E-state index >= 15 is 0 Å². The highest BCUT2D eigenvalue weighted by molar-refractivity contribution is 7.79. The summed E-state index contributed by atoms with van der Waals surface area (Å²) in [4.78, 5) is 0. The summed E-state index contributed by atoms with van der Waals surface area (Å²) in [6, 6.07) is 8.87. The Bertz CT molecular complexity index is 435. The van der Waals surface area contributed by atoms with E-state index in [4.69, 9.17) is 0 Å². The third-order valence-corrected chi connectivity index (χ3v) is 2.37. The van der Waals surface area contributed by atoms with Gasteiger partial charge in [-0.2, -0.15) is 0 Å². The fourth-order valence-corrected chi connectivity index (χ4v) is 1.67. The minimum atomic E-state index is -2.16. The van der Waals surface area contributed by atoms with Crippen molar-refractivity contribution in [3.05, 3.63) is 36.5 Å². The first-order valence-electron chi connectivity index (χ1n) is 3.44. The first-order chi connectivity index (χ1) is 5.79. The quantitative estimate of drug-likeness (QED) is 0.618. The van der Waals surface area contributed by atoms with Gasteiger partial charge in [0.2, 0.25) is 0 Å². The zero-order valence-corrected chi connectivity index (χ0v) is 6.95. The molecule has 2 aromatic rings. The number of pyridine rings is 1. The molecule has 2 heterocycles. The van der Waals surface area contributed by atoms with Crippen molar-refractivity contribution in [1.82, 2.24) is 4.40 Å². The van der Waals surface area contributed by atoms with Gasteiger partial charge < -0.3 is 8.95 Å². The Morgan fingerprint density at radius 2 is 2.08 bits per heavy atom. The maximum atomic E-state index is 10.7. The molecule has 2 rings (SSSR count). The molecule has 0 aliphatic heterocycles. The Kier molecular flexibility index (Phi) is 1.71. The van der Waals surface area contributed by atoms with Crippen LogP contribution >= 0.6 is 0 Å². The molecule has 0 saturated carbocycles. The number of aromatic nitrogens is 1. The summed E-state index contributed by atoms with van der Waals surface area (Å²) in [5.41, 5.74) is 0.886. The van der Waals surface area contributed by atoms with Crippen molar-refractivity contribution in [2.75, 3.05) is 0 Å². The number of nitrogens with zero attached hydrogens (tertiary/aromatic N) is 1. The Morgan fingerprint density at radius 3 is 2.83 bits per heavy atom. The summed E-state index contributed by atoms with van der Waals surface area (Å²) in [6.07, 6.45) is 1.72. The molecule has 0 spiro atoms. The van der Waals surface area contributed by atoms with Gasteiger partial charge >= 0.3 is 0 Å². The third kappa shape index (κ3) is 1.05. The molecule has 12 heavy (non-hydrogen) atoms. The van der Waals surface area contributed by atoms with E-state index in [0.717, 1.165) is 5.52 Å². The van der Waals surface area contributed by atoms with Gasteiger partial charge in [0.1, 0.15) is 0 Å². The van der Waals surface area contributed by atoms with Crippen LogP contribution in [0.3, 0.4) is 0 Å². The second kappa shape index (κ2) is 2.73. The summed E-state index contributed by atoms with van der Waals surface area (Å²) < 4.78 is 22.9. The average molecular weight is 180 g/mol. The van der Waals surface area contributed by atoms with Crippen LogP contribution in [-0.4, -0.2) is 13.2 Å². The van der Waals surface area contributed by atoms with Crippen LogP contribution in [0.25, 0.3) is 5.52 Å². The van der Waals surface area contributed by atoms with Crippen LogP contribution < -0.4 is 0 Å². The maximum Gasteiger partial charge on any atom is 0.0967 e. The van der Waals surface area contributed by atoms with Crippen LogP contribution in [0.5, 0.6) is 0 Å². The average Bonchev–Trinajstić information content (AvgIpc) is 2.47. The lowest BCUT2D eigenvalue weighted by Gasteiger charge is -2.04. The van der Waals surface area contributed by atoms with Crippen LogP contribution in [0.1, 0.15) is 0 Å². The number of rotatable bonds is 1. The van der Waals surface area contributed by atoms with E-state index < -0.39 is 11.1 Å². The zero-order valence-electron chi connectivity index (χ0n) is 6.14. The van der Waals surface area contributed by atoms with Gasteiger partial charge in [-0.1, -0.05) is 6.07 Å². The molecular weight excluding hydrogens is 174 g/mol. The van der Waals surface area contributed by atoms with Gasteiger partial charge in [0.15, 0.2) is 0 Å². The molecule has 0 aliphatic rings. The van der Waals surface area contributed by atoms with Gasteiger partial charge in [-0.15, -0.1) is 0 Å². The van der Waals surface area contributed by atoms with Gasteiger partial charge in [-0.25, -0.2) is 0 Å². The first-order valence-corrected chi connectivity index (χ1v) is 4.52. The van der Waals surface area contributed by atoms with E-state index in [9.17, 15) is 8.76 Å². The van der Waals surface area contributed by atoms with E-state index in [2.05, 4.69) is 0 Å². The van der Waals surface area contributed by atoms with Crippen molar-refractivity contribution < 1.29 is 8.76 Å². The van der Waals surface area contributed by atoms with Crippen LogP contribution in [0.2, 0.25) is 0 Å². The molecule has 3 nitrogen and oxygen atoms in total. The Labute approximate surface area is 71.9 Å². The molecule has 62 valence electrons. The normalized spacial score (nSPS) is 13.4. The van der Waals surface area contributed by atoms with Crippen molar-refractivity contribution in [3.8, 4) is 0 Å². The lowest BCUT2D eigenvalue weighted by molar-refractivity contribution is 0.532. The van der Waals surface area contributed by atoms with Gasteiger partial charge in [0, 0.05) is 11.7 Å². The number of hydrogen-bond acceptors (Lipinski definition) is 2. The monoisotopic (exact) mass is 180 g/mol. The van der Waals surface area contributed by atoms with E-state index in [1.807, 2.05) is 12.1 Å². The minimum Gasteiger partial charge on any atom is -0.767 e. The summed E-state index contributed by atoms with van der Waals surface area (Å²) >= 11 is -2.16. The van der Waals surface area contributed by atoms with E-state index in [-0.39, 0.29) is 0 Å². The predicted molar refractivity (Wildman–Crippen MR) is 44.6 cm³/mol. The molecule has 1 atom stereocenters. The van der Waals surface area contributed by atoms with Crippen molar-refractivity contribution in [2.45, 2.75) is 5.03 Å². The van der Waals surface area contributed by atoms with Gasteiger partial charge in [-0.3, -0.25) is 4.21 Å². The van der Waals surface area contributed by atoms with Crippen molar-refractivity contribution in [2.24, 2.45) is 0 Å². The van der Waals surface area contributed by atoms with Crippen LogP contribution in [0, 0.1) is 0 Å². The van der Waals surface area contributed by atoms with Crippen molar-refractivity contribution in [3.63, 3.8) is 0 Å². The van der Waals surface area contributed by atoms with Gasteiger partial charge in [-0.05, 0) is 35.3 Å². The van der Waals surface area contributed by atoms with Crippen molar-refractivity contribution >= 4 is 16.6 Å². The number of fused-ring (bicyclic) bond motifs is 1. The Balaban J connectivity index is 2.79. The zero-order chi connectivity index (χ0) is 8.55. The molecule has 1 unspecified atom stereocenters. The van der Waals surface area contributed by atoms with Crippen LogP contribution in [0.4, 0.5) is 0 Å². The van der Waals surface area contributed by atoms with Crippen LogP contribution in [0.15, 0.2) is 41.6 Å². The first kappa shape index (κ1) is 7.52. The van der Waals surface area contributed by atoms with E-state index in [0.29, 0.717) is 5.03 Å². The van der Waals surface area contributed by atoms with E-state index in [1.54, 1.807) is 28.8 Å². The second-order valence-electron chi connectivity index (χ2n) is 2.40. The molecule has 4 heteroatoms. The Hall–Kier alpha value is -1.13. The highest BCUT2D eigenvalue weighted by Crippen LogP contribution is 2.11. The van der Waals surface area contributed by atoms with Gasteiger partial charge in [0.25, 0.3) is 0 Å². The van der Waals surface area contributed by atoms with E-state index in [1.165, 1.54) is 0 Å². The topological polar surface area (TPSA) is 44.5 Å². The molecule has 0 fully saturated rings. The summed E-state index contributed by atoms with van der Waals surface area (Å²) in [5.74, 6) is 0. The smallest absolute Gasteiger partial charge is 0.0967 e. The molecule has 0 aliphatic carbocycles. The predicted octanol–water partition coefficient (Wildman–Crippen LogP) is 1.18. The summed E-state index contributed by atoms with van der Waals surface area (Å²) in [5, 5.41) is 0.297. The highest BCUT2D eigenvalue weighted by atomic mass is 32.2. The molecule has 2 aromatic heterocycles. The molecule has 0 bridgehead atoms. The molecule has 0 radical (unpaired) electrons. The fraction of sp³-hybridized carbons (Fsp3) is 0. The fourth-order valence-electron chi connectivity index (χ4n) is 1.17. The largest absolute Gasteiger partial charge is 0.767 e.